The van der Waals surface area contributed by atoms with Crippen molar-refractivity contribution in [2.24, 2.45) is 0 Å². The minimum absolute atomic E-state index is 0.206. The van der Waals surface area contributed by atoms with Gasteiger partial charge in [0.25, 0.3) is 0 Å². The summed E-state index contributed by atoms with van der Waals surface area (Å²) in [6, 6.07) is 8.92. The molecule has 2 rings (SSSR count). The van der Waals surface area contributed by atoms with Crippen molar-refractivity contribution in [3.8, 4) is 5.75 Å². The van der Waals surface area contributed by atoms with Gasteiger partial charge in [-0.2, -0.15) is 0 Å². The molecule has 0 heterocycles. The molecule has 1 saturated carbocycles. The lowest BCUT2D eigenvalue weighted by molar-refractivity contribution is 0.0593. The van der Waals surface area contributed by atoms with Crippen LogP contribution in [0.5, 0.6) is 5.75 Å². The van der Waals surface area contributed by atoms with Crippen LogP contribution in [0.1, 0.15) is 50.6 Å². The summed E-state index contributed by atoms with van der Waals surface area (Å²) in [5.41, 5.74) is 1.54. The van der Waals surface area contributed by atoms with Gasteiger partial charge < -0.3 is 15.0 Å². The molecule has 0 bridgehead atoms. The Morgan fingerprint density at radius 2 is 1.95 bits per heavy atom. The molecule has 0 saturated heterocycles. The number of nitrogens with one attached hydrogen (secondary N) is 1. The average molecular weight is 290 g/mol. The van der Waals surface area contributed by atoms with Crippen molar-refractivity contribution < 1.29 is 4.74 Å². The number of benzene rings is 1. The third kappa shape index (κ3) is 3.41. The molecule has 3 heteroatoms. The number of rotatable bonds is 6. The lowest BCUT2D eigenvalue weighted by atomic mass is 9.73. The van der Waals surface area contributed by atoms with E-state index in [0.717, 1.165) is 5.75 Å². The highest BCUT2D eigenvalue weighted by atomic mass is 16.5. The second kappa shape index (κ2) is 7.28. The van der Waals surface area contributed by atoms with Gasteiger partial charge in [0.15, 0.2) is 0 Å². The first-order valence-electron chi connectivity index (χ1n) is 8.21. The van der Waals surface area contributed by atoms with Gasteiger partial charge in [-0.3, -0.25) is 0 Å². The second-order valence-corrected chi connectivity index (χ2v) is 6.29. The fourth-order valence-electron chi connectivity index (χ4n) is 3.85. The van der Waals surface area contributed by atoms with Crippen molar-refractivity contribution >= 4 is 0 Å². The van der Waals surface area contributed by atoms with Crippen molar-refractivity contribution in [1.29, 1.82) is 0 Å². The Labute approximate surface area is 129 Å². The Balaban J connectivity index is 2.34. The van der Waals surface area contributed by atoms with Gasteiger partial charge in [-0.25, -0.2) is 0 Å². The summed E-state index contributed by atoms with van der Waals surface area (Å²) < 4.78 is 5.68. The van der Waals surface area contributed by atoms with E-state index in [1.807, 2.05) is 13.0 Å². The SMILES string of the molecule is CCOc1cccc(C(NC)C2(N(C)C)CCCCC2)c1. The van der Waals surface area contributed by atoms with Crippen LogP contribution in [-0.2, 0) is 0 Å². The zero-order chi connectivity index (χ0) is 15.3. The predicted molar refractivity (Wildman–Crippen MR) is 88.9 cm³/mol. The van der Waals surface area contributed by atoms with Crippen LogP contribution in [-0.4, -0.2) is 38.2 Å². The maximum atomic E-state index is 5.68. The third-order valence-corrected chi connectivity index (χ3v) is 4.94. The molecule has 1 unspecified atom stereocenters. The van der Waals surface area contributed by atoms with Crippen molar-refractivity contribution in [2.75, 3.05) is 27.7 Å². The Morgan fingerprint density at radius 1 is 1.24 bits per heavy atom. The number of likely N-dealkylation sites (N-methyl/N-ethyl adjacent to an activating group) is 2. The maximum Gasteiger partial charge on any atom is 0.119 e. The molecule has 21 heavy (non-hydrogen) atoms. The highest BCUT2D eigenvalue weighted by Crippen LogP contribution is 2.42. The van der Waals surface area contributed by atoms with E-state index in [0.29, 0.717) is 12.6 Å². The zero-order valence-corrected chi connectivity index (χ0v) is 14.0. The highest BCUT2D eigenvalue weighted by molar-refractivity contribution is 5.33. The molecule has 1 fully saturated rings. The monoisotopic (exact) mass is 290 g/mol. The minimum Gasteiger partial charge on any atom is -0.494 e. The van der Waals surface area contributed by atoms with E-state index < -0.39 is 0 Å². The van der Waals surface area contributed by atoms with Crippen molar-refractivity contribution in [1.82, 2.24) is 10.2 Å². The summed E-state index contributed by atoms with van der Waals surface area (Å²) in [7, 11) is 6.53. The van der Waals surface area contributed by atoms with E-state index in [2.05, 4.69) is 49.6 Å². The molecular formula is C18H30N2O. The Hall–Kier alpha value is -1.06. The van der Waals surface area contributed by atoms with Crippen LogP contribution in [0.3, 0.4) is 0 Å². The number of hydrogen-bond donors (Lipinski definition) is 1. The van der Waals surface area contributed by atoms with Gasteiger partial charge in [0.1, 0.15) is 5.75 Å². The summed E-state index contributed by atoms with van der Waals surface area (Å²) in [4.78, 5) is 2.43. The molecule has 0 amide bonds. The molecule has 1 aromatic carbocycles. The first-order valence-corrected chi connectivity index (χ1v) is 8.21. The molecule has 3 nitrogen and oxygen atoms in total. The van der Waals surface area contributed by atoms with Gasteiger partial charge in [-0.1, -0.05) is 31.4 Å². The van der Waals surface area contributed by atoms with Gasteiger partial charge in [-0.15, -0.1) is 0 Å². The number of ether oxygens (including phenoxy) is 1. The fourth-order valence-corrected chi connectivity index (χ4v) is 3.85. The maximum absolute atomic E-state index is 5.68. The number of hydrogen-bond acceptors (Lipinski definition) is 3. The van der Waals surface area contributed by atoms with Crippen molar-refractivity contribution in [3.05, 3.63) is 29.8 Å². The van der Waals surface area contributed by atoms with Crippen LogP contribution >= 0.6 is 0 Å². The molecule has 1 aromatic rings. The smallest absolute Gasteiger partial charge is 0.119 e. The summed E-state index contributed by atoms with van der Waals surface area (Å²) in [6.07, 6.45) is 6.52. The highest BCUT2D eigenvalue weighted by Gasteiger charge is 2.41. The molecular weight excluding hydrogens is 260 g/mol. The summed E-state index contributed by atoms with van der Waals surface area (Å²) in [5, 5.41) is 3.58. The van der Waals surface area contributed by atoms with E-state index in [9.17, 15) is 0 Å². The Bertz CT molecular complexity index is 439. The summed E-state index contributed by atoms with van der Waals surface area (Å²) in [5.74, 6) is 0.972. The molecule has 1 aliphatic carbocycles. The van der Waals surface area contributed by atoms with Crippen LogP contribution in [0, 0.1) is 0 Å². The Kier molecular flexibility index (Phi) is 5.65. The lowest BCUT2D eigenvalue weighted by Crippen LogP contribution is -2.54. The molecule has 0 aromatic heterocycles. The third-order valence-electron chi connectivity index (χ3n) is 4.94. The molecule has 0 spiro atoms. The quantitative estimate of drug-likeness (QED) is 0.866. The van der Waals surface area contributed by atoms with Crippen molar-refractivity contribution in [3.63, 3.8) is 0 Å². The standard InChI is InChI=1S/C18H30N2O/c1-5-21-16-11-9-10-15(14-16)17(19-2)18(20(3)4)12-7-6-8-13-18/h9-11,14,17,19H,5-8,12-13H2,1-4H3. The Morgan fingerprint density at radius 3 is 2.52 bits per heavy atom. The van der Waals surface area contributed by atoms with E-state index in [1.165, 1.54) is 37.7 Å². The first-order chi connectivity index (χ1) is 10.1. The fraction of sp³-hybridized carbons (Fsp3) is 0.667. The van der Waals surface area contributed by atoms with E-state index >= 15 is 0 Å². The molecule has 1 N–H and O–H groups in total. The largest absolute Gasteiger partial charge is 0.494 e. The van der Waals surface area contributed by atoms with Gasteiger partial charge in [-0.05, 0) is 58.6 Å². The summed E-state index contributed by atoms with van der Waals surface area (Å²) >= 11 is 0. The first kappa shape index (κ1) is 16.3. The molecule has 0 radical (unpaired) electrons. The number of nitrogens with zero attached hydrogens (tertiary/aromatic N) is 1. The summed E-state index contributed by atoms with van der Waals surface area (Å²) in [6.45, 7) is 2.75. The predicted octanol–water partition coefficient (Wildman–Crippen LogP) is 3.61. The van der Waals surface area contributed by atoms with Crippen LogP contribution < -0.4 is 10.1 Å². The van der Waals surface area contributed by atoms with Crippen LogP contribution in [0.25, 0.3) is 0 Å². The minimum atomic E-state index is 0.206. The van der Waals surface area contributed by atoms with Gasteiger partial charge >= 0.3 is 0 Å². The van der Waals surface area contributed by atoms with Gasteiger partial charge in [0, 0.05) is 5.54 Å². The lowest BCUT2D eigenvalue weighted by Gasteiger charge is -2.48. The molecule has 1 aliphatic rings. The van der Waals surface area contributed by atoms with Crippen molar-refractivity contribution in [2.45, 2.75) is 50.6 Å². The zero-order valence-electron chi connectivity index (χ0n) is 14.0. The molecule has 118 valence electrons. The average Bonchev–Trinajstić information content (AvgIpc) is 2.49. The second-order valence-electron chi connectivity index (χ2n) is 6.29. The van der Waals surface area contributed by atoms with Crippen LogP contribution in [0.15, 0.2) is 24.3 Å². The van der Waals surface area contributed by atoms with Gasteiger partial charge in [0.05, 0.1) is 12.6 Å². The molecule has 1 atom stereocenters. The normalized spacial score (nSPS) is 19.5. The van der Waals surface area contributed by atoms with Crippen LogP contribution in [0.2, 0.25) is 0 Å². The van der Waals surface area contributed by atoms with E-state index in [1.54, 1.807) is 0 Å². The van der Waals surface area contributed by atoms with Crippen LogP contribution in [0.4, 0.5) is 0 Å². The van der Waals surface area contributed by atoms with E-state index in [-0.39, 0.29) is 5.54 Å². The van der Waals surface area contributed by atoms with Gasteiger partial charge in [0.2, 0.25) is 0 Å². The van der Waals surface area contributed by atoms with E-state index in [4.69, 9.17) is 4.74 Å². The molecule has 0 aliphatic heterocycles. The topological polar surface area (TPSA) is 24.5 Å².